The number of carbonyl (C=O) groups is 2. The zero-order valence-corrected chi connectivity index (χ0v) is 18.0. The number of nitrogens with zero attached hydrogens (tertiary/aromatic N) is 2. The second-order valence-electron chi connectivity index (χ2n) is 6.78. The molecule has 6 heteroatoms. The van der Waals surface area contributed by atoms with Crippen LogP contribution in [0.3, 0.4) is 0 Å². The third kappa shape index (κ3) is 5.98. The highest BCUT2D eigenvalue weighted by Gasteiger charge is 2.18. The number of esters is 1. The number of hydrogen-bond acceptors (Lipinski definition) is 6. The van der Waals surface area contributed by atoms with Crippen LogP contribution in [0.2, 0.25) is 0 Å². The summed E-state index contributed by atoms with van der Waals surface area (Å²) in [6.07, 6.45) is -0.235. The van der Waals surface area contributed by atoms with Crippen LogP contribution in [0, 0.1) is 0 Å². The molecule has 0 radical (unpaired) electrons. The van der Waals surface area contributed by atoms with Gasteiger partial charge in [0.15, 0.2) is 11.5 Å². The Hall–Kier alpha value is -4.06. The van der Waals surface area contributed by atoms with Crippen LogP contribution >= 0.6 is 0 Å². The molecule has 0 saturated carbocycles. The summed E-state index contributed by atoms with van der Waals surface area (Å²) >= 11 is 0. The predicted molar refractivity (Wildman–Crippen MR) is 125 cm³/mol. The van der Waals surface area contributed by atoms with E-state index in [0.717, 1.165) is 11.1 Å². The van der Waals surface area contributed by atoms with Gasteiger partial charge in [-0.1, -0.05) is 60.7 Å². The number of methoxy groups -OCH3 is 1. The van der Waals surface area contributed by atoms with E-state index < -0.39 is 5.97 Å². The Kier molecular flexibility index (Phi) is 8.03. The van der Waals surface area contributed by atoms with E-state index in [9.17, 15) is 9.59 Å². The Morgan fingerprint density at radius 2 is 1.31 bits per heavy atom. The molecule has 3 aromatic carbocycles. The van der Waals surface area contributed by atoms with E-state index in [1.807, 2.05) is 67.6 Å². The number of rotatable bonds is 9. The summed E-state index contributed by atoms with van der Waals surface area (Å²) in [6, 6.07) is 25.8. The second kappa shape index (κ2) is 11.4. The third-order valence-electron chi connectivity index (χ3n) is 4.60. The van der Waals surface area contributed by atoms with Gasteiger partial charge in [0.25, 0.3) is 0 Å². The van der Waals surface area contributed by atoms with E-state index in [-0.39, 0.29) is 17.9 Å². The van der Waals surface area contributed by atoms with Crippen molar-refractivity contribution in [3.8, 4) is 5.75 Å². The lowest BCUT2D eigenvalue weighted by Crippen LogP contribution is -2.20. The van der Waals surface area contributed by atoms with Gasteiger partial charge < -0.3 is 9.47 Å². The Balaban J connectivity index is 1.92. The molecule has 0 saturated heterocycles. The van der Waals surface area contributed by atoms with Gasteiger partial charge >= 0.3 is 5.97 Å². The Labute approximate surface area is 187 Å². The Bertz CT molecular complexity index is 1060. The summed E-state index contributed by atoms with van der Waals surface area (Å²) in [7, 11) is 1.25. The van der Waals surface area contributed by atoms with Gasteiger partial charge in [0.1, 0.15) is 11.5 Å². The zero-order valence-electron chi connectivity index (χ0n) is 18.0. The SMILES string of the molecule is CCOc1ccc(C(=O)CC(=NN=C(c2ccccc2)c2ccccc2)C(=O)OC)cc1. The quantitative estimate of drug-likeness (QED) is 0.214. The molecule has 0 fully saturated rings. The smallest absolute Gasteiger partial charge is 0.354 e. The van der Waals surface area contributed by atoms with Gasteiger partial charge in [0.05, 0.1) is 20.1 Å². The normalized spacial score (nSPS) is 10.9. The molecule has 0 aliphatic carbocycles. The molecule has 0 unspecified atom stereocenters. The summed E-state index contributed by atoms with van der Waals surface area (Å²) in [5.41, 5.74) is 2.63. The van der Waals surface area contributed by atoms with Gasteiger partial charge in [-0.05, 0) is 31.2 Å². The fourth-order valence-corrected chi connectivity index (χ4v) is 3.01. The topological polar surface area (TPSA) is 77.3 Å². The van der Waals surface area contributed by atoms with E-state index in [2.05, 4.69) is 10.2 Å². The third-order valence-corrected chi connectivity index (χ3v) is 4.60. The lowest BCUT2D eigenvalue weighted by atomic mass is 10.0. The molecule has 0 spiro atoms. The molecule has 32 heavy (non-hydrogen) atoms. The van der Waals surface area contributed by atoms with Crippen LogP contribution < -0.4 is 4.74 Å². The van der Waals surface area contributed by atoms with Crippen LogP contribution in [-0.4, -0.2) is 36.9 Å². The van der Waals surface area contributed by atoms with Crippen molar-refractivity contribution in [2.24, 2.45) is 10.2 Å². The highest BCUT2D eigenvalue weighted by molar-refractivity contribution is 6.40. The van der Waals surface area contributed by atoms with E-state index in [1.54, 1.807) is 24.3 Å². The first-order valence-electron chi connectivity index (χ1n) is 10.2. The summed E-state index contributed by atoms with van der Waals surface area (Å²) in [6.45, 7) is 2.42. The van der Waals surface area contributed by atoms with Crippen LogP contribution in [-0.2, 0) is 9.53 Å². The van der Waals surface area contributed by atoms with Gasteiger partial charge in [0, 0.05) is 16.7 Å². The molecule has 0 heterocycles. The van der Waals surface area contributed by atoms with Crippen molar-refractivity contribution in [2.45, 2.75) is 13.3 Å². The highest BCUT2D eigenvalue weighted by Crippen LogP contribution is 2.15. The van der Waals surface area contributed by atoms with E-state index >= 15 is 0 Å². The number of ketones is 1. The van der Waals surface area contributed by atoms with Crippen molar-refractivity contribution in [3.05, 3.63) is 102 Å². The van der Waals surface area contributed by atoms with Gasteiger partial charge in [-0.15, -0.1) is 10.2 Å². The monoisotopic (exact) mass is 428 g/mol. The fraction of sp³-hybridized carbons (Fsp3) is 0.154. The molecule has 0 amide bonds. The molecule has 3 aromatic rings. The predicted octanol–water partition coefficient (Wildman–Crippen LogP) is 4.72. The van der Waals surface area contributed by atoms with Crippen LogP contribution in [0.25, 0.3) is 0 Å². The average molecular weight is 428 g/mol. The Morgan fingerprint density at radius 3 is 1.81 bits per heavy atom. The van der Waals surface area contributed by atoms with Gasteiger partial charge in [-0.25, -0.2) is 4.79 Å². The molecule has 0 bridgehead atoms. The summed E-state index contributed by atoms with van der Waals surface area (Å²) in [4.78, 5) is 25.1. The van der Waals surface area contributed by atoms with Gasteiger partial charge in [-0.3, -0.25) is 4.79 Å². The number of ether oxygens (including phenoxy) is 2. The van der Waals surface area contributed by atoms with E-state index in [1.165, 1.54) is 7.11 Å². The lowest BCUT2D eigenvalue weighted by molar-refractivity contribution is -0.132. The molecule has 6 nitrogen and oxygen atoms in total. The van der Waals surface area contributed by atoms with Gasteiger partial charge in [0.2, 0.25) is 0 Å². The molecule has 0 N–H and O–H groups in total. The first kappa shape index (κ1) is 22.6. The molecular weight excluding hydrogens is 404 g/mol. The molecule has 162 valence electrons. The van der Waals surface area contributed by atoms with Crippen molar-refractivity contribution in [2.75, 3.05) is 13.7 Å². The van der Waals surface area contributed by atoms with Crippen LogP contribution in [0.15, 0.2) is 95.1 Å². The number of carbonyl (C=O) groups excluding carboxylic acids is 2. The minimum absolute atomic E-state index is 0.0734. The van der Waals surface area contributed by atoms with Crippen molar-refractivity contribution in [3.63, 3.8) is 0 Å². The fourth-order valence-electron chi connectivity index (χ4n) is 3.01. The molecule has 0 atom stereocenters. The van der Waals surface area contributed by atoms with Crippen molar-refractivity contribution in [1.82, 2.24) is 0 Å². The van der Waals surface area contributed by atoms with Crippen LogP contribution in [0.4, 0.5) is 0 Å². The summed E-state index contributed by atoms with van der Waals surface area (Å²) in [5.74, 6) is -0.298. The Morgan fingerprint density at radius 1 is 0.750 bits per heavy atom. The van der Waals surface area contributed by atoms with Crippen LogP contribution in [0.5, 0.6) is 5.75 Å². The first-order valence-corrected chi connectivity index (χ1v) is 10.2. The number of benzene rings is 3. The van der Waals surface area contributed by atoms with Crippen molar-refractivity contribution >= 4 is 23.2 Å². The lowest BCUT2D eigenvalue weighted by Gasteiger charge is -2.07. The maximum Gasteiger partial charge on any atom is 0.354 e. The number of Topliss-reactive ketones (excluding diaryl/α,β-unsaturated/α-hetero) is 1. The minimum atomic E-state index is -0.700. The average Bonchev–Trinajstić information content (AvgIpc) is 2.85. The van der Waals surface area contributed by atoms with E-state index in [0.29, 0.717) is 23.6 Å². The molecule has 0 aliphatic rings. The molecule has 3 rings (SSSR count). The second-order valence-corrected chi connectivity index (χ2v) is 6.78. The van der Waals surface area contributed by atoms with Crippen LogP contribution in [0.1, 0.15) is 34.8 Å². The van der Waals surface area contributed by atoms with Crippen molar-refractivity contribution in [1.29, 1.82) is 0 Å². The van der Waals surface area contributed by atoms with E-state index in [4.69, 9.17) is 9.47 Å². The van der Waals surface area contributed by atoms with Crippen molar-refractivity contribution < 1.29 is 19.1 Å². The largest absolute Gasteiger partial charge is 0.494 e. The summed E-state index contributed by atoms with van der Waals surface area (Å²) < 4.78 is 10.2. The highest BCUT2D eigenvalue weighted by atomic mass is 16.5. The maximum absolute atomic E-state index is 12.8. The standard InChI is InChI=1S/C26H24N2O4/c1-3-32-22-16-14-19(15-17-22)24(29)18-23(26(30)31-2)27-28-25(20-10-6-4-7-11-20)21-12-8-5-9-13-21/h4-17H,3,18H2,1-2H3. The minimum Gasteiger partial charge on any atom is -0.494 e. The maximum atomic E-state index is 12.8. The summed E-state index contributed by atoms with van der Waals surface area (Å²) in [5, 5.41) is 8.49. The molecular formula is C26H24N2O4. The number of hydrogen-bond donors (Lipinski definition) is 0. The molecule has 0 aliphatic heterocycles. The van der Waals surface area contributed by atoms with Gasteiger partial charge in [-0.2, -0.15) is 0 Å². The first-order chi connectivity index (χ1) is 15.6. The molecule has 0 aromatic heterocycles. The zero-order chi connectivity index (χ0) is 22.8.